The van der Waals surface area contributed by atoms with Crippen molar-refractivity contribution in [2.45, 2.75) is 70.8 Å². The highest BCUT2D eigenvalue weighted by Crippen LogP contribution is 2.43. The number of fused-ring (bicyclic) bond motifs is 1. The third-order valence-electron chi connectivity index (χ3n) is 8.71. The molecule has 2 fully saturated rings. The Morgan fingerprint density at radius 3 is 2.51 bits per heavy atom. The lowest BCUT2D eigenvalue weighted by Gasteiger charge is -2.45. The fourth-order valence-corrected chi connectivity index (χ4v) is 6.40. The van der Waals surface area contributed by atoms with Gasteiger partial charge in [0.25, 0.3) is 5.91 Å². The van der Waals surface area contributed by atoms with Crippen LogP contribution in [0.2, 0.25) is 0 Å². The molecular weight excluding hydrogens is 538 g/mol. The molecule has 0 aliphatic carbocycles. The van der Waals surface area contributed by atoms with Crippen molar-refractivity contribution in [3.05, 3.63) is 41.2 Å². The first-order chi connectivity index (χ1) is 19.5. The Labute approximate surface area is 238 Å². The Kier molecular flexibility index (Phi) is 8.10. The maximum absolute atomic E-state index is 14.3. The number of ether oxygens (including phenoxy) is 4. The minimum atomic E-state index is -3.04. The van der Waals surface area contributed by atoms with E-state index in [2.05, 4.69) is 15.3 Å². The van der Waals surface area contributed by atoms with Gasteiger partial charge in [0, 0.05) is 38.4 Å². The fraction of sp³-hybridized carbons (Fsp3) is 0.621. The first-order valence-electron chi connectivity index (χ1n) is 14.0. The number of methoxy groups -OCH3 is 1. The number of halogens is 2. The summed E-state index contributed by atoms with van der Waals surface area (Å²) in [6, 6.07) is 4.77. The Hall–Kier alpha value is -3.09. The first kappa shape index (κ1) is 29.4. The summed E-state index contributed by atoms with van der Waals surface area (Å²) in [5, 5.41) is 7.57. The second-order valence-corrected chi connectivity index (χ2v) is 11.8. The Morgan fingerprint density at radius 2 is 1.85 bits per heavy atom. The summed E-state index contributed by atoms with van der Waals surface area (Å²) < 4.78 is 49.6. The van der Waals surface area contributed by atoms with Gasteiger partial charge in [-0.1, -0.05) is 6.07 Å². The number of aryl methyl sites for hydroxylation is 1. The van der Waals surface area contributed by atoms with Crippen LogP contribution in [0.3, 0.4) is 0 Å². The van der Waals surface area contributed by atoms with E-state index in [4.69, 9.17) is 18.9 Å². The molecule has 1 N–H and O–H groups in total. The number of nitrogens with zero attached hydrogens (tertiary/aromatic N) is 3. The standard InChI is InChI=1S/C29H38F2N4O6/c1-19-5-6-21(22(15-19)41-26(30)31)33-24(36)29(35-23-20(16-32-35)17-40-27(23,2)3)7-11-34(12-8-29)18-28(25(37)38-4)9-13-39-14-10-28/h5-6,15-16,26H,7-14,17-18H2,1-4H3,(H,33,36). The van der Waals surface area contributed by atoms with Gasteiger partial charge in [-0.25, -0.2) is 0 Å². The van der Waals surface area contributed by atoms with Crippen LogP contribution in [0.15, 0.2) is 24.4 Å². The van der Waals surface area contributed by atoms with Gasteiger partial charge in [-0.15, -0.1) is 0 Å². The van der Waals surface area contributed by atoms with Crippen LogP contribution in [0, 0.1) is 12.3 Å². The first-order valence-corrected chi connectivity index (χ1v) is 14.0. The molecule has 4 heterocycles. The van der Waals surface area contributed by atoms with Crippen molar-refractivity contribution in [2.24, 2.45) is 5.41 Å². The summed E-state index contributed by atoms with van der Waals surface area (Å²) in [7, 11) is 1.41. The van der Waals surface area contributed by atoms with E-state index in [9.17, 15) is 18.4 Å². The molecule has 1 aromatic carbocycles. The predicted octanol–water partition coefficient (Wildman–Crippen LogP) is 3.96. The number of nitrogens with one attached hydrogen (secondary N) is 1. The van der Waals surface area contributed by atoms with Gasteiger partial charge in [0.2, 0.25) is 0 Å². The molecule has 3 aliphatic rings. The number of carbonyl (C=O) groups excluding carboxylic acids is 2. The number of anilines is 1. The molecule has 0 radical (unpaired) electrons. The van der Waals surface area contributed by atoms with Gasteiger partial charge in [-0.3, -0.25) is 14.3 Å². The average molecular weight is 577 g/mol. The number of alkyl halides is 2. The Morgan fingerprint density at radius 1 is 1.15 bits per heavy atom. The van der Waals surface area contributed by atoms with Crippen molar-refractivity contribution < 1.29 is 37.3 Å². The molecule has 2 saturated heterocycles. The summed E-state index contributed by atoms with van der Waals surface area (Å²) in [5.41, 5.74) is 0.156. The summed E-state index contributed by atoms with van der Waals surface area (Å²) in [4.78, 5) is 29.3. The van der Waals surface area contributed by atoms with E-state index in [1.54, 1.807) is 29.9 Å². The topological polar surface area (TPSA) is 104 Å². The van der Waals surface area contributed by atoms with Crippen LogP contribution in [0.1, 0.15) is 56.4 Å². The molecule has 0 atom stereocenters. The zero-order valence-corrected chi connectivity index (χ0v) is 24.0. The van der Waals surface area contributed by atoms with E-state index in [0.29, 0.717) is 65.1 Å². The van der Waals surface area contributed by atoms with E-state index in [1.165, 1.54) is 13.2 Å². The van der Waals surface area contributed by atoms with Gasteiger partial charge >= 0.3 is 12.6 Å². The van der Waals surface area contributed by atoms with Gasteiger partial charge < -0.3 is 29.2 Å². The predicted molar refractivity (Wildman–Crippen MR) is 145 cm³/mol. The molecule has 0 unspecified atom stereocenters. The summed E-state index contributed by atoms with van der Waals surface area (Å²) in [6.45, 7) is 5.49. The molecule has 0 spiro atoms. The molecule has 2 aromatic rings. The van der Waals surface area contributed by atoms with Crippen LogP contribution < -0.4 is 10.1 Å². The van der Waals surface area contributed by atoms with E-state index < -0.39 is 23.2 Å². The molecule has 0 saturated carbocycles. The molecule has 41 heavy (non-hydrogen) atoms. The zero-order chi connectivity index (χ0) is 29.4. The van der Waals surface area contributed by atoms with Crippen LogP contribution in [-0.4, -0.2) is 73.1 Å². The second kappa shape index (κ2) is 11.3. The highest BCUT2D eigenvalue weighted by atomic mass is 19.3. The second-order valence-electron chi connectivity index (χ2n) is 11.8. The van der Waals surface area contributed by atoms with Crippen molar-refractivity contribution in [3.8, 4) is 5.75 Å². The van der Waals surface area contributed by atoms with Gasteiger partial charge in [0.15, 0.2) is 0 Å². The van der Waals surface area contributed by atoms with Crippen LogP contribution in [-0.2, 0) is 41.5 Å². The molecule has 1 aromatic heterocycles. The molecule has 5 rings (SSSR count). The number of benzene rings is 1. The smallest absolute Gasteiger partial charge is 0.387 e. The minimum absolute atomic E-state index is 0.102. The molecule has 10 nitrogen and oxygen atoms in total. The Balaban J connectivity index is 1.46. The van der Waals surface area contributed by atoms with Crippen molar-refractivity contribution in [1.82, 2.24) is 14.7 Å². The van der Waals surface area contributed by atoms with Gasteiger partial charge in [0.1, 0.15) is 16.9 Å². The van der Waals surface area contributed by atoms with Crippen LogP contribution in [0.5, 0.6) is 5.75 Å². The number of hydrogen-bond donors (Lipinski definition) is 1. The van der Waals surface area contributed by atoms with Crippen molar-refractivity contribution in [2.75, 3.05) is 45.3 Å². The normalized spacial score (nSPS) is 21.3. The van der Waals surface area contributed by atoms with E-state index in [-0.39, 0.29) is 23.3 Å². The molecule has 1 amide bonds. The van der Waals surface area contributed by atoms with Gasteiger partial charge in [-0.2, -0.15) is 13.9 Å². The number of likely N-dealkylation sites (tertiary alicyclic amines) is 1. The lowest BCUT2D eigenvalue weighted by Crippen LogP contribution is -2.57. The van der Waals surface area contributed by atoms with Crippen LogP contribution in [0.4, 0.5) is 14.5 Å². The maximum atomic E-state index is 14.3. The lowest BCUT2D eigenvalue weighted by molar-refractivity contribution is -0.161. The highest BCUT2D eigenvalue weighted by Gasteiger charge is 2.51. The van der Waals surface area contributed by atoms with Crippen LogP contribution in [0.25, 0.3) is 0 Å². The lowest BCUT2D eigenvalue weighted by atomic mass is 9.78. The summed E-state index contributed by atoms with van der Waals surface area (Å²) >= 11 is 0. The van der Waals surface area contributed by atoms with Gasteiger partial charge in [0.05, 0.1) is 36.7 Å². The zero-order valence-electron chi connectivity index (χ0n) is 24.0. The highest BCUT2D eigenvalue weighted by molar-refractivity contribution is 5.98. The summed E-state index contributed by atoms with van der Waals surface area (Å²) in [5.74, 6) is -0.720. The fourth-order valence-electron chi connectivity index (χ4n) is 6.40. The van der Waals surface area contributed by atoms with E-state index >= 15 is 0 Å². The quantitative estimate of drug-likeness (QED) is 0.471. The maximum Gasteiger partial charge on any atom is 0.387 e. The number of hydrogen-bond acceptors (Lipinski definition) is 8. The largest absolute Gasteiger partial charge is 0.469 e. The summed E-state index contributed by atoms with van der Waals surface area (Å²) in [6.07, 6.45) is 3.64. The minimum Gasteiger partial charge on any atom is -0.469 e. The van der Waals surface area contributed by atoms with Crippen molar-refractivity contribution >= 4 is 17.6 Å². The van der Waals surface area contributed by atoms with Crippen LogP contribution >= 0.6 is 0 Å². The Bertz CT molecular complexity index is 1280. The molecule has 224 valence electrons. The number of piperidine rings is 1. The molecule has 0 bridgehead atoms. The van der Waals surface area contributed by atoms with Crippen molar-refractivity contribution in [1.29, 1.82) is 0 Å². The SMILES string of the molecule is COC(=O)C1(CN2CCC(C(=O)Nc3ccc(C)cc3OC(F)F)(n3ncc4c3C(C)(C)OC4)CC2)CCOCC1. The van der Waals surface area contributed by atoms with Crippen molar-refractivity contribution in [3.63, 3.8) is 0 Å². The number of esters is 1. The van der Waals surface area contributed by atoms with E-state index in [0.717, 1.165) is 16.8 Å². The average Bonchev–Trinajstić information content (AvgIpc) is 3.51. The third-order valence-corrected chi connectivity index (χ3v) is 8.71. The van der Waals surface area contributed by atoms with E-state index in [1.807, 2.05) is 13.8 Å². The number of amides is 1. The molecule has 3 aliphatic heterocycles. The monoisotopic (exact) mass is 576 g/mol. The number of carbonyl (C=O) groups is 2. The van der Waals surface area contributed by atoms with Gasteiger partial charge in [-0.05, 0) is 64.2 Å². The third kappa shape index (κ3) is 5.56. The molecular formula is C29H38F2N4O6. The number of aromatic nitrogens is 2. The molecule has 12 heteroatoms. The number of rotatable bonds is 8.